The Bertz CT molecular complexity index is 752. The summed E-state index contributed by atoms with van der Waals surface area (Å²) >= 11 is 3.60. The lowest BCUT2D eigenvalue weighted by atomic mass is 10.1. The van der Waals surface area contributed by atoms with E-state index in [1.165, 1.54) is 10.8 Å². The van der Waals surface area contributed by atoms with E-state index in [-0.39, 0.29) is 0 Å². The minimum Gasteiger partial charge on any atom is -0.385 e. The maximum Gasteiger partial charge on any atom is 0.178 e. The summed E-state index contributed by atoms with van der Waals surface area (Å²) in [5.41, 5.74) is 1.14. The lowest BCUT2D eigenvalue weighted by Crippen LogP contribution is -2.02. The minimum absolute atomic E-state index is 0.449. The fraction of sp³-hybridized carbons (Fsp3) is 0.200. The van der Waals surface area contributed by atoms with Gasteiger partial charge in [0.2, 0.25) is 0 Å². The van der Waals surface area contributed by atoms with Crippen molar-refractivity contribution in [3.63, 3.8) is 0 Å². The number of hydrogen-bond donors (Lipinski definition) is 1. The van der Waals surface area contributed by atoms with Crippen molar-refractivity contribution in [3.05, 3.63) is 58.6 Å². The summed E-state index contributed by atoms with van der Waals surface area (Å²) in [5, 5.41) is 16.1. The van der Waals surface area contributed by atoms with Gasteiger partial charge in [-0.15, -0.1) is 0 Å². The average molecular weight is 332 g/mol. The molecule has 0 radical (unpaired) electrons. The molecule has 0 bridgehead atoms. The fourth-order valence-electron chi connectivity index (χ4n) is 2.18. The van der Waals surface area contributed by atoms with E-state index in [1.54, 1.807) is 17.9 Å². The van der Waals surface area contributed by atoms with Gasteiger partial charge >= 0.3 is 0 Å². The second kappa shape index (κ2) is 5.34. The smallest absolute Gasteiger partial charge is 0.178 e. The van der Waals surface area contributed by atoms with Crippen molar-refractivity contribution < 1.29 is 5.11 Å². The van der Waals surface area contributed by atoms with Crippen LogP contribution in [0.4, 0.5) is 0 Å². The van der Waals surface area contributed by atoms with Gasteiger partial charge in [0, 0.05) is 4.47 Å². The first kappa shape index (κ1) is 13.3. The molecule has 0 amide bonds. The maximum absolute atomic E-state index is 9.44. The van der Waals surface area contributed by atoms with E-state index < -0.39 is 6.10 Å². The van der Waals surface area contributed by atoms with Crippen molar-refractivity contribution in [2.24, 2.45) is 0 Å². The Balaban J connectivity index is 1.94. The molecular formula is C15H14BrN3O. The van der Waals surface area contributed by atoms with E-state index in [0.29, 0.717) is 12.4 Å². The van der Waals surface area contributed by atoms with Gasteiger partial charge in [0.05, 0.1) is 6.54 Å². The molecule has 1 atom stereocenters. The first-order chi connectivity index (χ1) is 9.63. The summed E-state index contributed by atoms with van der Waals surface area (Å²) < 4.78 is 2.81. The Morgan fingerprint density at radius 2 is 2.10 bits per heavy atom. The van der Waals surface area contributed by atoms with Crippen molar-refractivity contribution in [2.75, 3.05) is 0 Å². The van der Waals surface area contributed by atoms with E-state index in [1.807, 2.05) is 12.1 Å². The molecule has 20 heavy (non-hydrogen) atoms. The Labute approximate surface area is 125 Å². The number of benzene rings is 2. The first-order valence-corrected chi connectivity index (χ1v) is 7.17. The first-order valence-electron chi connectivity index (χ1n) is 6.38. The Hall–Kier alpha value is -1.72. The van der Waals surface area contributed by atoms with Crippen LogP contribution in [-0.4, -0.2) is 19.9 Å². The van der Waals surface area contributed by atoms with E-state index in [2.05, 4.69) is 50.3 Å². The van der Waals surface area contributed by atoms with Crippen LogP contribution in [0, 0.1) is 0 Å². The molecule has 1 heterocycles. The summed E-state index contributed by atoms with van der Waals surface area (Å²) in [6.45, 7) is 2.29. The zero-order valence-corrected chi connectivity index (χ0v) is 12.6. The Morgan fingerprint density at radius 1 is 1.30 bits per heavy atom. The highest BCUT2D eigenvalue weighted by Crippen LogP contribution is 2.26. The average Bonchev–Trinajstić information content (AvgIpc) is 2.87. The van der Waals surface area contributed by atoms with Crippen LogP contribution in [0.5, 0.6) is 0 Å². The molecule has 2 aromatic carbocycles. The standard InChI is InChI=1S/C15H14BrN3O/c1-10(20)15-17-9-19(18-15)8-11-6-12-4-2-3-5-13(12)14(16)7-11/h2-7,9-10,20H,8H2,1H3. The third-order valence-corrected chi connectivity index (χ3v) is 3.80. The van der Waals surface area contributed by atoms with Crippen molar-refractivity contribution in [2.45, 2.75) is 19.6 Å². The molecule has 1 unspecified atom stereocenters. The lowest BCUT2D eigenvalue weighted by Gasteiger charge is -2.06. The molecular weight excluding hydrogens is 318 g/mol. The van der Waals surface area contributed by atoms with Gasteiger partial charge in [-0.05, 0) is 35.4 Å². The molecule has 5 heteroatoms. The van der Waals surface area contributed by atoms with Crippen LogP contribution in [0.15, 0.2) is 47.2 Å². The second-order valence-corrected chi connectivity index (χ2v) is 5.63. The molecule has 1 aromatic heterocycles. The monoisotopic (exact) mass is 331 g/mol. The molecule has 0 aliphatic carbocycles. The topological polar surface area (TPSA) is 50.9 Å². The molecule has 0 spiro atoms. The van der Waals surface area contributed by atoms with Gasteiger partial charge in [-0.3, -0.25) is 0 Å². The lowest BCUT2D eigenvalue weighted by molar-refractivity contribution is 0.188. The Morgan fingerprint density at radius 3 is 2.85 bits per heavy atom. The summed E-state index contributed by atoms with van der Waals surface area (Å²) in [5.74, 6) is 0.449. The zero-order chi connectivity index (χ0) is 14.1. The molecule has 0 saturated heterocycles. The molecule has 0 aliphatic heterocycles. The summed E-state index contributed by atoms with van der Waals surface area (Å²) in [7, 11) is 0. The van der Waals surface area contributed by atoms with Gasteiger partial charge in [0.25, 0.3) is 0 Å². The summed E-state index contributed by atoms with van der Waals surface area (Å²) in [4.78, 5) is 4.09. The second-order valence-electron chi connectivity index (χ2n) is 4.78. The zero-order valence-electron chi connectivity index (χ0n) is 11.0. The molecule has 0 fully saturated rings. The number of nitrogens with zero attached hydrogens (tertiary/aromatic N) is 3. The van der Waals surface area contributed by atoms with E-state index >= 15 is 0 Å². The molecule has 0 saturated carbocycles. The quantitative estimate of drug-likeness (QED) is 0.801. The maximum atomic E-state index is 9.44. The molecule has 4 nitrogen and oxygen atoms in total. The number of halogens is 1. The van der Waals surface area contributed by atoms with Crippen LogP contribution in [0.3, 0.4) is 0 Å². The number of aromatic nitrogens is 3. The third kappa shape index (κ3) is 2.59. The molecule has 102 valence electrons. The van der Waals surface area contributed by atoms with Gasteiger partial charge in [0.15, 0.2) is 5.82 Å². The van der Waals surface area contributed by atoms with Gasteiger partial charge < -0.3 is 5.11 Å². The number of rotatable bonds is 3. The Kier molecular flexibility index (Phi) is 3.54. The molecule has 3 rings (SSSR count). The predicted octanol–water partition coefficient (Wildman–Crippen LogP) is 3.30. The van der Waals surface area contributed by atoms with Crippen LogP contribution >= 0.6 is 15.9 Å². The molecule has 1 N–H and O–H groups in total. The van der Waals surface area contributed by atoms with E-state index in [0.717, 1.165) is 10.0 Å². The van der Waals surface area contributed by atoms with Crippen molar-refractivity contribution in [1.82, 2.24) is 14.8 Å². The summed E-state index contributed by atoms with van der Waals surface area (Å²) in [6, 6.07) is 12.5. The highest BCUT2D eigenvalue weighted by atomic mass is 79.9. The van der Waals surface area contributed by atoms with Gasteiger partial charge in [-0.1, -0.05) is 40.2 Å². The van der Waals surface area contributed by atoms with Crippen LogP contribution in [-0.2, 0) is 6.54 Å². The van der Waals surface area contributed by atoms with Crippen LogP contribution in [0.2, 0.25) is 0 Å². The van der Waals surface area contributed by atoms with Gasteiger partial charge in [-0.2, -0.15) is 5.10 Å². The van der Waals surface area contributed by atoms with Crippen molar-refractivity contribution >= 4 is 26.7 Å². The van der Waals surface area contributed by atoms with Crippen LogP contribution in [0.25, 0.3) is 10.8 Å². The van der Waals surface area contributed by atoms with Crippen molar-refractivity contribution in [3.8, 4) is 0 Å². The normalized spacial score (nSPS) is 12.8. The number of aliphatic hydroxyl groups is 1. The van der Waals surface area contributed by atoms with Crippen molar-refractivity contribution in [1.29, 1.82) is 0 Å². The fourth-order valence-corrected chi connectivity index (χ4v) is 2.83. The number of hydrogen-bond acceptors (Lipinski definition) is 3. The SMILES string of the molecule is CC(O)c1ncn(Cc2cc(Br)c3ccccc3c2)n1. The predicted molar refractivity (Wildman–Crippen MR) is 81.4 cm³/mol. The number of fused-ring (bicyclic) bond motifs is 1. The van der Waals surface area contributed by atoms with Gasteiger partial charge in [0.1, 0.15) is 12.4 Å². The number of aliphatic hydroxyl groups excluding tert-OH is 1. The minimum atomic E-state index is -0.639. The highest BCUT2D eigenvalue weighted by molar-refractivity contribution is 9.10. The summed E-state index contributed by atoms with van der Waals surface area (Å²) in [6.07, 6.45) is 1.00. The molecule has 0 aliphatic rings. The van der Waals surface area contributed by atoms with E-state index in [4.69, 9.17) is 0 Å². The largest absolute Gasteiger partial charge is 0.385 e. The van der Waals surface area contributed by atoms with E-state index in [9.17, 15) is 5.11 Å². The van der Waals surface area contributed by atoms with Gasteiger partial charge in [-0.25, -0.2) is 9.67 Å². The van der Waals surface area contributed by atoms with Crippen LogP contribution < -0.4 is 0 Å². The molecule has 3 aromatic rings. The van der Waals surface area contributed by atoms with Crippen LogP contribution in [0.1, 0.15) is 24.4 Å². The highest BCUT2D eigenvalue weighted by Gasteiger charge is 2.08. The third-order valence-electron chi connectivity index (χ3n) is 3.14.